The number of carbonyl (C=O) groups excluding carboxylic acids is 2. The monoisotopic (exact) mass is 243 g/mol. The van der Waals surface area contributed by atoms with Gasteiger partial charge in [0.1, 0.15) is 0 Å². The Morgan fingerprint density at radius 1 is 1.06 bits per heavy atom. The molecule has 0 fully saturated rings. The maximum atomic E-state index is 11.6. The molecule has 0 rings (SSSR count). The number of carbonyl (C=O) groups is 2. The third-order valence-electron chi connectivity index (χ3n) is 2.33. The lowest BCUT2D eigenvalue weighted by atomic mass is 10.1. The SMILES string of the molecule is CCN(CC)C(=O)CNC(=O)CNC(C)(C)C. The molecular formula is C12H25N3O2. The highest BCUT2D eigenvalue weighted by Crippen LogP contribution is 1.96. The molecule has 0 radical (unpaired) electrons. The van der Waals surface area contributed by atoms with Crippen molar-refractivity contribution in [3.8, 4) is 0 Å². The van der Waals surface area contributed by atoms with Crippen LogP contribution in [-0.2, 0) is 9.59 Å². The Morgan fingerprint density at radius 2 is 1.59 bits per heavy atom. The van der Waals surface area contributed by atoms with Gasteiger partial charge >= 0.3 is 0 Å². The predicted molar refractivity (Wildman–Crippen MR) is 68.7 cm³/mol. The Kier molecular flexibility index (Phi) is 6.80. The predicted octanol–water partition coefficient (Wildman–Crippen LogP) is 0.359. The second-order valence-electron chi connectivity index (χ2n) is 4.95. The molecule has 0 aliphatic carbocycles. The lowest BCUT2D eigenvalue weighted by molar-refractivity contribution is -0.132. The maximum Gasteiger partial charge on any atom is 0.241 e. The smallest absolute Gasteiger partial charge is 0.241 e. The molecule has 0 aromatic rings. The molecular weight excluding hydrogens is 218 g/mol. The van der Waals surface area contributed by atoms with Crippen molar-refractivity contribution in [2.24, 2.45) is 0 Å². The molecule has 5 heteroatoms. The van der Waals surface area contributed by atoms with Crippen LogP contribution in [0, 0.1) is 0 Å². The summed E-state index contributed by atoms with van der Waals surface area (Å²) in [7, 11) is 0. The number of hydrogen-bond donors (Lipinski definition) is 2. The third-order valence-corrected chi connectivity index (χ3v) is 2.33. The molecule has 0 aromatic carbocycles. The van der Waals surface area contributed by atoms with Crippen LogP contribution in [0.25, 0.3) is 0 Å². The average Bonchev–Trinajstić information content (AvgIpc) is 2.24. The van der Waals surface area contributed by atoms with Crippen molar-refractivity contribution < 1.29 is 9.59 Å². The highest BCUT2D eigenvalue weighted by atomic mass is 16.2. The topological polar surface area (TPSA) is 61.4 Å². The quantitative estimate of drug-likeness (QED) is 0.708. The fourth-order valence-electron chi connectivity index (χ4n) is 1.27. The van der Waals surface area contributed by atoms with Gasteiger partial charge in [-0.3, -0.25) is 9.59 Å². The van der Waals surface area contributed by atoms with E-state index in [4.69, 9.17) is 0 Å². The van der Waals surface area contributed by atoms with Crippen LogP contribution in [0.1, 0.15) is 34.6 Å². The van der Waals surface area contributed by atoms with Gasteiger partial charge in [-0.15, -0.1) is 0 Å². The van der Waals surface area contributed by atoms with Gasteiger partial charge in [0.05, 0.1) is 13.1 Å². The number of likely N-dealkylation sites (N-methyl/N-ethyl adjacent to an activating group) is 1. The number of nitrogens with zero attached hydrogens (tertiary/aromatic N) is 1. The zero-order valence-electron chi connectivity index (χ0n) is 11.6. The van der Waals surface area contributed by atoms with Gasteiger partial charge in [0.15, 0.2) is 0 Å². The van der Waals surface area contributed by atoms with Crippen LogP contribution in [0.4, 0.5) is 0 Å². The van der Waals surface area contributed by atoms with E-state index in [9.17, 15) is 9.59 Å². The van der Waals surface area contributed by atoms with Gasteiger partial charge in [0.2, 0.25) is 11.8 Å². The summed E-state index contributed by atoms with van der Waals surface area (Å²) in [5.41, 5.74) is -0.0970. The summed E-state index contributed by atoms with van der Waals surface area (Å²) in [5, 5.41) is 5.68. The first kappa shape index (κ1) is 15.9. The number of hydrogen-bond acceptors (Lipinski definition) is 3. The molecule has 17 heavy (non-hydrogen) atoms. The molecule has 0 bridgehead atoms. The second-order valence-corrected chi connectivity index (χ2v) is 4.95. The van der Waals surface area contributed by atoms with Crippen LogP contribution in [0.15, 0.2) is 0 Å². The van der Waals surface area contributed by atoms with Crippen molar-refractivity contribution in [2.45, 2.75) is 40.2 Å². The van der Waals surface area contributed by atoms with Gasteiger partial charge in [-0.1, -0.05) is 0 Å². The molecule has 100 valence electrons. The van der Waals surface area contributed by atoms with Crippen LogP contribution in [0.2, 0.25) is 0 Å². The summed E-state index contributed by atoms with van der Waals surface area (Å²) in [6, 6.07) is 0. The largest absolute Gasteiger partial charge is 0.346 e. The van der Waals surface area contributed by atoms with Crippen molar-refractivity contribution in [3.63, 3.8) is 0 Å². The number of amides is 2. The Hall–Kier alpha value is -1.10. The minimum Gasteiger partial charge on any atom is -0.346 e. The van der Waals surface area contributed by atoms with Crippen LogP contribution in [0.3, 0.4) is 0 Å². The molecule has 0 aliphatic heterocycles. The van der Waals surface area contributed by atoms with E-state index < -0.39 is 0 Å². The lowest BCUT2D eigenvalue weighted by Gasteiger charge is -2.21. The lowest BCUT2D eigenvalue weighted by Crippen LogP contribution is -2.46. The Bertz CT molecular complexity index is 255. The summed E-state index contributed by atoms with van der Waals surface area (Å²) in [5.74, 6) is -0.195. The second kappa shape index (κ2) is 7.27. The van der Waals surface area contributed by atoms with Crippen molar-refractivity contribution >= 4 is 11.8 Å². The minimum absolute atomic E-state index is 0.0425. The minimum atomic E-state index is -0.152. The van der Waals surface area contributed by atoms with Gasteiger partial charge in [0.25, 0.3) is 0 Å². The standard InChI is InChI=1S/C12H25N3O2/c1-6-15(7-2)11(17)9-13-10(16)8-14-12(3,4)5/h14H,6-9H2,1-5H3,(H,13,16). The van der Waals surface area contributed by atoms with Crippen molar-refractivity contribution in [3.05, 3.63) is 0 Å². The summed E-state index contributed by atoms with van der Waals surface area (Å²) in [6.07, 6.45) is 0. The molecule has 5 nitrogen and oxygen atoms in total. The molecule has 0 saturated carbocycles. The molecule has 0 heterocycles. The van der Waals surface area contributed by atoms with Crippen LogP contribution < -0.4 is 10.6 Å². The molecule has 2 N–H and O–H groups in total. The number of nitrogens with one attached hydrogen (secondary N) is 2. The summed E-state index contributed by atoms with van der Waals surface area (Å²) in [4.78, 5) is 24.7. The molecule has 0 aliphatic rings. The molecule has 0 aromatic heterocycles. The van der Waals surface area contributed by atoms with Crippen LogP contribution in [-0.4, -0.2) is 48.4 Å². The van der Waals surface area contributed by atoms with Gasteiger partial charge in [-0.25, -0.2) is 0 Å². The molecule has 0 spiro atoms. The van der Waals surface area contributed by atoms with Crippen molar-refractivity contribution in [1.82, 2.24) is 15.5 Å². The first-order valence-electron chi connectivity index (χ1n) is 6.09. The molecule has 2 amide bonds. The zero-order valence-corrected chi connectivity index (χ0v) is 11.6. The molecule has 0 unspecified atom stereocenters. The normalized spacial score (nSPS) is 11.1. The Morgan fingerprint density at radius 3 is 2.00 bits per heavy atom. The summed E-state index contributed by atoms with van der Waals surface area (Å²) >= 11 is 0. The Labute approximate surface area is 104 Å². The molecule has 0 saturated heterocycles. The fourth-order valence-corrected chi connectivity index (χ4v) is 1.27. The van der Waals surface area contributed by atoms with E-state index in [1.807, 2.05) is 34.6 Å². The maximum absolute atomic E-state index is 11.6. The van der Waals surface area contributed by atoms with E-state index in [0.717, 1.165) is 0 Å². The van der Waals surface area contributed by atoms with Gasteiger partial charge in [0, 0.05) is 18.6 Å². The fraction of sp³-hybridized carbons (Fsp3) is 0.833. The van der Waals surface area contributed by atoms with E-state index in [1.165, 1.54) is 0 Å². The van der Waals surface area contributed by atoms with Gasteiger partial charge in [-0.2, -0.15) is 0 Å². The van der Waals surface area contributed by atoms with Gasteiger partial charge in [-0.05, 0) is 34.6 Å². The van der Waals surface area contributed by atoms with E-state index in [-0.39, 0.29) is 30.4 Å². The van der Waals surface area contributed by atoms with E-state index in [0.29, 0.717) is 13.1 Å². The van der Waals surface area contributed by atoms with E-state index in [2.05, 4.69) is 10.6 Å². The zero-order chi connectivity index (χ0) is 13.5. The molecule has 0 atom stereocenters. The Balaban J connectivity index is 3.88. The van der Waals surface area contributed by atoms with E-state index in [1.54, 1.807) is 4.90 Å². The van der Waals surface area contributed by atoms with Gasteiger partial charge < -0.3 is 15.5 Å². The summed E-state index contributed by atoms with van der Waals surface area (Å²) in [6.45, 7) is 11.5. The first-order valence-corrected chi connectivity index (χ1v) is 6.09. The third kappa shape index (κ3) is 7.74. The first-order chi connectivity index (χ1) is 7.80. The van der Waals surface area contributed by atoms with Crippen LogP contribution >= 0.6 is 0 Å². The number of rotatable bonds is 6. The highest BCUT2D eigenvalue weighted by molar-refractivity contribution is 5.85. The van der Waals surface area contributed by atoms with Crippen molar-refractivity contribution in [2.75, 3.05) is 26.2 Å². The van der Waals surface area contributed by atoms with Crippen molar-refractivity contribution in [1.29, 1.82) is 0 Å². The van der Waals surface area contributed by atoms with Crippen LogP contribution in [0.5, 0.6) is 0 Å². The average molecular weight is 243 g/mol. The van der Waals surface area contributed by atoms with E-state index >= 15 is 0 Å². The summed E-state index contributed by atoms with van der Waals surface area (Å²) < 4.78 is 0. The highest BCUT2D eigenvalue weighted by Gasteiger charge is 2.13.